The van der Waals surface area contributed by atoms with Crippen molar-refractivity contribution in [2.75, 3.05) is 5.73 Å². The Morgan fingerprint density at radius 1 is 1.07 bits per heavy atom. The highest BCUT2D eigenvalue weighted by molar-refractivity contribution is 5.52. The summed E-state index contributed by atoms with van der Waals surface area (Å²) in [7, 11) is 0. The largest absolute Gasteiger partial charge is 0.416 e. The first kappa shape index (κ1) is 11.9. The SMILES string of the molecule is CC(C)(C)c1cc(C(F)(F)F)ccc1N. The van der Waals surface area contributed by atoms with E-state index in [1.807, 2.05) is 20.8 Å². The highest BCUT2D eigenvalue weighted by atomic mass is 19.4. The van der Waals surface area contributed by atoms with Crippen LogP contribution in [0.15, 0.2) is 18.2 Å². The van der Waals surface area contributed by atoms with Crippen molar-refractivity contribution in [3.8, 4) is 0 Å². The van der Waals surface area contributed by atoms with E-state index in [9.17, 15) is 13.2 Å². The zero-order valence-electron chi connectivity index (χ0n) is 8.94. The van der Waals surface area contributed by atoms with Crippen molar-refractivity contribution in [3.05, 3.63) is 29.3 Å². The van der Waals surface area contributed by atoms with Crippen LogP contribution in [0.5, 0.6) is 0 Å². The molecule has 0 atom stereocenters. The van der Waals surface area contributed by atoms with Gasteiger partial charge >= 0.3 is 6.18 Å². The predicted molar refractivity (Wildman–Crippen MR) is 54.6 cm³/mol. The molecule has 84 valence electrons. The molecule has 0 aliphatic heterocycles. The monoisotopic (exact) mass is 217 g/mol. The Labute approximate surface area is 87.1 Å². The maximum atomic E-state index is 12.4. The molecule has 1 rings (SSSR count). The van der Waals surface area contributed by atoms with E-state index in [2.05, 4.69) is 0 Å². The normalized spacial score (nSPS) is 12.9. The summed E-state index contributed by atoms with van der Waals surface area (Å²) in [4.78, 5) is 0. The first-order valence-electron chi connectivity index (χ1n) is 4.59. The van der Waals surface area contributed by atoms with Crippen LogP contribution >= 0.6 is 0 Å². The van der Waals surface area contributed by atoms with E-state index in [0.29, 0.717) is 11.3 Å². The van der Waals surface area contributed by atoms with Crippen LogP contribution in [0.2, 0.25) is 0 Å². The summed E-state index contributed by atoms with van der Waals surface area (Å²) >= 11 is 0. The van der Waals surface area contributed by atoms with Gasteiger partial charge in [-0.05, 0) is 29.2 Å². The third kappa shape index (κ3) is 2.64. The second-order valence-corrected chi connectivity index (χ2v) is 4.55. The summed E-state index contributed by atoms with van der Waals surface area (Å²) in [5.41, 5.74) is 5.54. The van der Waals surface area contributed by atoms with Gasteiger partial charge in [0.15, 0.2) is 0 Å². The molecule has 0 amide bonds. The van der Waals surface area contributed by atoms with Gasteiger partial charge in [0.2, 0.25) is 0 Å². The molecule has 0 bridgehead atoms. The third-order valence-electron chi connectivity index (χ3n) is 2.19. The minimum atomic E-state index is -4.31. The number of benzene rings is 1. The van der Waals surface area contributed by atoms with Crippen LogP contribution in [0.25, 0.3) is 0 Å². The van der Waals surface area contributed by atoms with Gasteiger partial charge in [0.05, 0.1) is 5.56 Å². The van der Waals surface area contributed by atoms with E-state index < -0.39 is 11.7 Å². The lowest BCUT2D eigenvalue weighted by Gasteiger charge is -2.22. The molecule has 4 heteroatoms. The van der Waals surface area contributed by atoms with Gasteiger partial charge in [0, 0.05) is 5.69 Å². The Bertz CT molecular complexity index is 361. The van der Waals surface area contributed by atoms with Crippen LogP contribution in [0, 0.1) is 0 Å². The summed E-state index contributed by atoms with van der Waals surface area (Å²) in [6, 6.07) is 3.43. The summed E-state index contributed by atoms with van der Waals surface area (Å²) < 4.78 is 37.3. The van der Waals surface area contributed by atoms with Crippen LogP contribution < -0.4 is 5.73 Å². The van der Waals surface area contributed by atoms with E-state index in [0.717, 1.165) is 12.1 Å². The quantitative estimate of drug-likeness (QED) is 0.660. The smallest absolute Gasteiger partial charge is 0.398 e. The lowest BCUT2D eigenvalue weighted by molar-refractivity contribution is -0.137. The van der Waals surface area contributed by atoms with Gasteiger partial charge in [-0.25, -0.2) is 0 Å². The standard InChI is InChI=1S/C11H14F3N/c1-10(2,3)8-6-7(11(12,13)14)4-5-9(8)15/h4-6H,15H2,1-3H3. The molecule has 0 aliphatic rings. The lowest BCUT2D eigenvalue weighted by atomic mass is 9.85. The van der Waals surface area contributed by atoms with Gasteiger partial charge in [-0.15, -0.1) is 0 Å². The third-order valence-corrected chi connectivity index (χ3v) is 2.19. The minimum Gasteiger partial charge on any atom is -0.398 e. The fourth-order valence-corrected chi connectivity index (χ4v) is 1.38. The summed E-state index contributed by atoms with van der Waals surface area (Å²) in [5, 5.41) is 0. The van der Waals surface area contributed by atoms with Crippen molar-refractivity contribution < 1.29 is 13.2 Å². The van der Waals surface area contributed by atoms with Gasteiger partial charge < -0.3 is 5.73 Å². The summed E-state index contributed by atoms with van der Waals surface area (Å²) in [6.07, 6.45) is -4.31. The number of hydrogen-bond acceptors (Lipinski definition) is 1. The molecule has 1 aromatic rings. The zero-order chi connectivity index (χ0) is 11.9. The molecular formula is C11H14F3N. The number of nitrogens with two attached hydrogens (primary N) is 1. The van der Waals surface area contributed by atoms with Crippen LogP contribution in [0.3, 0.4) is 0 Å². The molecule has 1 nitrogen and oxygen atoms in total. The topological polar surface area (TPSA) is 26.0 Å². The first-order valence-corrected chi connectivity index (χ1v) is 4.59. The molecule has 1 aromatic carbocycles. The van der Waals surface area contributed by atoms with Crippen molar-refractivity contribution in [3.63, 3.8) is 0 Å². The van der Waals surface area contributed by atoms with Gasteiger partial charge in [0.1, 0.15) is 0 Å². The average molecular weight is 217 g/mol. The van der Waals surface area contributed by atoms with E-state index >= 15 is 0 Å². The molecule has 0 aliphatic carbocycles. The zero-order valence-corrected chi connectivity index (χ0v) is 8.94. The number of anilines is 1. The maximum absolute atomic E-state index is 12.4. The van der Waals surface area contributed by atoms with Crippen LogP contribution in [-0.2, 0) is 11.6 Å². The summed E-state index contributed by atoms with van der Waals surface area (Å²) in [6.45, 7) is 5.50. The van der Waals surface area contributed by atoms with E-state index in [1.54, 1.807) is 0 Å². The second kappa shape index (κ2) is 3.43. The number of halogens is 3. The molecule has 0 saturated carbocycles. The second-order valence-electron chi connectivity index (χ2n) is 4.55. The van der Waals surface area contributed by atoms with Gasteiger partial charge in [-0.3, -0.25) is 0 Å². The number of rotatable bonds is 0. The number of nitrogen functional groups attached to an aromatic ring is 1. The Hall–Kier alpha value is -1.19. The van der Waals surface area contributed by atoms with Gasteiger partial charge in [-0.1, -0.05) is 20.8 Å². The van der Waals surface area contributed by atoms with Crippen LogP contribution in [-0.4, -0.2) is 0 Å². The molecule has 15 heavy (non-hydrogen) atoms. The number of alkyl halides is 3. The highest BCUT2D eigenvalue weighted by Crippen LogP contribution is 2.35. The summed E-state index contributed by atoms with van der Waals surface area (Å²) in [5.74, 6) is 0. The van der Waals surface area contributed by atoms with Crippen molar-refractivity contribution in [2.24, 2.45) is 0 Å². The molecular weight excluding hydrogens is 203 g/mol. The molecule has 0 unspecified atom stereocenters. The molecule has 2 N–H and O–H groups in total. The maximum Gasteiger partial charge on any atom is 0.416 e. The Kier molecular flexibility index (Phi) is 2.72. The predicted octanol–water partition coefficient (Wildman–Crippen LogP) is 3.59. The first-order chi connectivity index (χ1) is 6.62. The fraction of sp³-hybridized carbons (Fsp3) is 0.455. The van der Waals surface area contributed by atoms with Crippen molar-refractivity contribution in [1.82, 2.24) is 0 Å². The van der Waals surface area contributed by atoms with Crippen LogP contribution in [0.4, 0.5) is 18.9 Å². The lowest BCUT2D eigenvalue weighted by Crippen LogP contribution is -2.16. The van der Waals surface area contributed by atoms with E-state index in [4.69, 9.17) is 5.73 Å². The molecule has 0 heterocycles. The Morgan fingerprint density at radius 2 is 1.60 bits per heavy atom. The molecule has 0 radical (unpaired) electrons. The molecule has 0 aromatic heterocycles. The minimum absolute atomic E-state index is 0.384. The molecule has 0 fully saturated rings. The van der Waals surface area contributed by atoms with Crippen molar-refractivity contribution in [1.29, 1.82) is 0 Å². The number of hydrogen-bond donors (Lipinski definition) is 1. The van der Waals surface area contributed by atoms with Crippen LogP contribution in [0.1, 0.15) is 31.9 Å². The van der Waals surface area contributed by atoms with Crippen molar-refractivity contribution >= 4 is 5.69 Å². The Balaban J connectivity index is 3.30. The fourth-order valence-electron chi connectivity index (χ4n) is 1.38. The van der Waals surface area contributed by atoms with E-state index in [1.165, 1.54) is 6.07 Å². The van der Waals surface area contributed by atoms with E-state index in [-0.39, 0.29) is 5.41 Å². The highest BCUT2D eigenvalue weighted by Gasteiger charge is 2.32. The molecule has 0 spiro atoms. The van der Waals surface area contributed by atoms with Gasteiger partial charge in [-0.2, -0.15) is 13.2 Å². The van der Waals surface area contributed by atoms with Gasteiger partial charge in [0.25, 0.3) is 0 Å². The average Bonchev–Trinajstić information content (AvgIpc) is 2.00. The Morgan fingerprint density at radius 3 is 2.00 bits per heavy atom. The molecule has 0 saturated heterocycles. The van der Waals surface area contributed by atoms with Crippen molar-refractivity contribution in [2.45, 2.75) is 32.4 Å².